The van der Waals surface area contributed by atoms with Crippen LogP contribution < -0.4 is 9.95 Å². The molecule has 3 rings (SSSR count). The van der Waals surface area contributed by atoms with Crippen LogP contribution in [0, 0.1) is 0 Å². The summed E-state index contributed by atoms with van der Waals surface area (Å²) < 4.78 is 0. The van der Waals surface area contributed by atoms with Gasteiger partial charge in [0.15, 0.2) is 0 Å². The maximum atomic E-state index is 3.98. The van der Waals surface area contributed by atoms with Crippen LogP contribution in [0.3, 0.4) is 0 Å². The molecule has 0 spiro atoms. The molecular formula is C7H6N4S. The summed E-state index contributed by atoms with van der Waals surface area (Å²) >= 11 is 1.58. The topological polar surface area (TPSA) is 40.0 Å². The van der Waals surface area contributed by atoms with Gasteiger partial charge < -0.3 is 0 Å². The Bertz CT molecular complexity index is 362. The van der Waals surface area contributed by atoms with E-state index in [9.17, 15) is 0 Å². The van der Waals surface area contributed by atoms with Gasteiger partial charge in [0.1, 0.15) is 5.69 Å². The molecule has 0 aliphatic carbocycles. The van der Waals surface area contributed by atoms with Crippen molar-refractivity contribution in [1.29, 1.82) is 0 Å². The van der Waals surface area contributed by atoms with Crippen LogP contribution in [0.2, 0.25) is 0 Å². The molecule has 0 atom stereocenters. The summed E-state index contributed by atoms with van der Waals surface area (Å²) in [4.78, 5) is 4.28. The third kappa shape index (κ3) is 0.720. The molecule has 60 valence electrons. The molecule has 0 saturated heterocycles. The van der Waals surface area contributed by atoms with E-state index in [2.05, 4.69) is 27.3 Å². The molecule has 4 nitrogen and oxygen atoms in total. The van der Waals surface area contributed by atoms with Gasteiger partial charge in [-0.1, -0.05) is 17.4 Å². The predicted molar refractivity (Wildman–Crippen MR) is 46.5 cm³/mol. The Morgan fingerprint density at radius 1 is 1.50 bits per heavy atom. The molecule has 0 aromatic heterocycles. The highest BCUT2D eigenvalue weighted by Crippen LogP contribution is 2.39. The Morgan fingerprint density at radius 2 is 2.50 bits per heavy atom. The highest BCUT2D eigenvalue weighted by Gasteiger charge is 2.24. The highest BCUT2D eigenvalue weighted by molar-refractivity contribution is 7.98. The molecule has 0 saturated carbocycles. The number of hydrogen-bond donors (Lipinski definition) is 1. The quantitative estimate of drug-likeness (QED) is 0.617. The first-order chi connectivity index (χ1) is 5.95. The van der Waals surface area contributed by atoms with Crippen molar-refractivity contribution in [2.24, 2.45) is 10.3 Å². The van der Waals surface area contributed by atoms with Gasteiger partial charge in [0.05, 0.1) is 11.4 Å². The normalized spacial score (nSPS) is 18.2. The van der Waals surface area contributed by atoms with Crippen molar-refractivity contribution in [2.45, 2.75) is 11.4 Å². The number of rotatable bonds is 0. The van der Waals surface area contributed by atoms with Crippen LogP contribution in [0.5, 0.6) is 0 Å². The first kappa shape index (κ1) is 6.45. The second-order valence-electron chi connectivity index (χ2n) is 2.66. The van der Waals surface area contributed by atoms with Crippen LogP contribution in [0.4, 0.5) is 5.69 Å². The van der Waals surface area contributed by atoms with Crippen LogP contribution in [-0.4, -0.2) is 0 Å². The molecule has 1 aromatic rings. The summed E-state index contributed by atoms with van der Waals surface area (Å²) in [5.41, 5.74) is 2.40. The largest absolute Gasteiger partial charge is 0.166 e. The maximum absolute atomic E-state index is 3.98. The lowest BCUT2D eigenvalue weighted by Crippen LogP contribution is -2.24. The van der Waals surface area contributed by atoms with Gasteiger partial charge in [0, 0.05) is 5.56 Å². The van der Waals surface area contributed by atoms with Crippen molar-refractivity contribution >= 4 is 17.6 Å². The lowest BCUT2D eigenvalue weighted by atomic mass is 10.2. The Balaban J connectivity index is 2.28. The van der Waals surface area contributed by atoms with Crippen molar-refractivity contribution in [1.82, 2.24) is 4.83 Å². The summed E-state index contributed by atoms with van der Waals surface area (Å²) in [7, 11) is 0. The zero-order valence-corrected chi connectivity index (χ0v) is 7.01. The predicted octanol–water partition coefficient (Wildman–Crippen LogP) is 1.90. The van der Waals surface area contributed by atoms with Crippen molar-refractivity contribution in [3.05, 3.63) is 23.8 Å². The third-order valence-corrected chi connectivity index (χ3v) is 2.74. The Kier molecular flexibility index (Phi) is 1.19. The molecule has 0 bridgehead atoms. The van der Waals surface area contributed by atoms with Gasteiger partial charge in [-0.2, -0.15) is 10.2 Å². The third-order valence-electron chi connectivity index (χ3n) is 1.93. The lowest BCUT2D eigenvalue weighted by molar-refractivity contribution is 0.724. The minimum atomic E-state index is 0.696. The van der Waals surface area contributed by atoms with Crippen LogP contribution in [0.15, 0.2) is 33.4 Å². The first-order valence-electron chi connectivity index (χ1n) is 3.67. The number of nitrogens with one attached hydrogen (secondary N) is 1. The zero-order valence-electron chi connectivity index (χ0n) is 6.19. The molecule has 5 heteroatoms. The molecule has 12 heavy (non-hydrogen) atoms. The number of hydrogen-bond acceptors (Lipinski definition) is 5. The summed E-state index contributed by atoms with van der Waals surface area (Å²) in [6.07, 6.45) is 0. The monoisotopic (exact) mass is 178 g/mol. The van der Waals surface area contributed by atoms with Gasteiger partial charge in [-0.15, -0.1) is 4.83 Å². The fourth-order valence-corrected chi connectivity index (χ4v) is 2.16. The highest BCUT2D eigenvalue weighted by atomic mass is 32.2. The Hall–Kier alpha value is -1.07. The Morgan fingerprint density at radius 3 is 3.50 bits per heavy atom. The van der Waals surface area contributed by atoms with Gasteiger partial charge in [-0.25, -0.2) is 0 Å². The number of benzene rings is 1. The average molecular weight is 178 g/mol. The molecule has 1 N–H and O–H groups in total. The van der Waals surface area contributed by atoms with E-state index >= 15 is 0 Å². The van der Waals surface area contributed by atoms with Crippen molar-refractivity contribution in [3.8, 4) is 0 Å². The standard InChI is InChI=1S/C7H6N4S/c1-2-5-4-8-9-11-7(5)6(3-1)12-10-11/h1-3,10H,4H2. The van der Waals surface area contributed by atoms with Crippen molar-refractivity contribution in [3.63, 3.8) is 0 Å². The second-order valence-corrected chi connectivity index (χ2v) is 3.48. The van der Waals surface area contributed by atoms with E-state index in [1.165, 1.54) is 10.5 Å². The van der Waals surface area contributed by atoms with E-state index in [0.717, 1.165) is 5.69 Å². The molecule has 2 heterocycles. The van der Waals surface area contributed by atoms with Gasteiger partial charge >= 0.3 is 0 Å². The van der Waals surface area contributed by atoms with Crippen LogP contribution in [0.1, 0.15) is 5.56 Å². The molecular weight excluding hydrogens is 172 g/mol. The van der Waals surface area contributed by atoms with E-state index in [-0.39, 0.29) is 0 Å². The Labute approximate surface area is 73.7 Å². The second kappa shape index (κ2) is 2.21. The summed E-state index contributed by atoms with van der Waals surface area (Å²) in [6.45, 7) is 0.696. The minimum absolute atomic E-state index is 0.696. The van der Waals surface area contributed by atoms with E-state index < -0.39 is 0 Å². The van der Waals surface area contributed by atoms with E-state index in [1.807, 2.05) is 6.07 Å². The molecule has 2 aliphatic rings. The van der Waals surface area contributed by atoms with Gasteiger partial charge in [0.2, 0.25) is 0 Å². The summed E-state index contributed by atoms with van der Waals surface area (Å²) in [5, 5.41) is 9.67. The molecule has 0 amide bonds. The maximum Gasteiger partial charge on any atom is 0.101 e. The van der Waals surface area contributed by atoms with Crippen molar-refractivity contribution in [2.75, 3.05) is 5.12 Å². The summed E-state index contributed by atoms with van der Waals surface area (Å²) in [6, 6.07) is 6.21. The van der Waals surface area contributed by atoms with E-state index in [0.29, 0.717) is 6.54 Å². The number of anilines is 1. The van der Waals surface area contributed by atoms with E-state index in [4.69, 9.17) is 0 Å². The van der Waals surface area contributed by atoms with Crippen LogP contribution in [-0.2, 0) is 6.54 Å². The van der Waals surface area contributed by atoms with Gasteiger partial charge in [0.25, 0.3) is 0 Å². The fourth-order valence-electron chi connectivity index (χ4n) is 1.39. The zero-order chi connectivity index (χ0) is 7.97. The van der Waals surface area contributed by atoms with Crippen LogP contribution >= 0.6 is 11.9 Å². The van der Waals surface area contributed by atoms with Gasteiger partial charge in [-0.3, -0.25) is 0 Å². The first-order valence-corrected chi connectivity index (χ1v) is 4.49. The number of hydrazine groups is 1. The molecule has 2 aliphatic heterocycles. The average Bonchev–Trinajstić information content (AvgIpc) is 2.52. The molecule has 0 fully saturated rings. The smallest absolute Gasteiger partial charge is 0.101 e. The number of para-hydroxylation sites is 1. The molecule has 0 unspecified atom stereocenters. The summed E-state index contributed by atoms with van der Waals surface area (Å²) in [5.74, 6) is 0. The molecule has 1 aromatic carbocycles. The number of nitrogens with zero attached hydrogens (tertiary/aromatic N) is 3. The molecule has 0 radical (unpaired) electrons. The van der Waals surface area contributed by atoms with Gasteiger partial charge in [-0.05, 0) is 18.0 Å². The fraction of sp³-hybridized carbons (Fsp3) is 0.143. The van der Waals surface area contributed by atoms with Crippen molar-refractivity contribution < 1.29 is 0 Å². The van der Waals surface area contributed by atoms with E-state index in [1.54, 1.807) is 17.1 Å². The SMILES string of the molecule is c1cc2c3c(c1)SNN3N=NC2. The van der Waals surface area contributed by atoms with Crippen LogP contribution in [0.25, 0.3) is 0 Å². The lowest BCUT2D eigenvalue weighted by Gasteiger charge is -2.16. The minimum Gasteiger partial charge on any atom is -0.166 e.